The zero-order valence-corrected chi connectivity index (χ0v) is 21.5. The Balaban J connectivity index is 1.32. The van der Waals surface area contributed by atoms with Crippen LogP contribution in [0.1, 0.15) is 36.1 Å². The molecule has 0 spiro atoms. The summed E-state index contributed by atoms with van der Waals surface area (Å²) in [7, 11) is 0. The second kappa shape index (κ2) is 10.2. The van der Waals surface area contributed by atoms with Crippen LogP contribution in [0.5, 0.6) is 0 Å². The van der Waals surface area contributed by atoms with Crippen LogP contribution < -0.4 is 0 Å². The van der Waals surface area contributed by atoms with Crippen molar-refractivity contribution in [3.8, 4) is 11.1 Å². The molecule has 3 heterocycles. The first kappa shape index (κ1) is 24.6. The Hall–Kier alpha value is -3.68. The Bertz CT molecular complexity index is 1460. The molecule has 2 unspecified atom stereocenters. The molecule has 0 radical (unpaired) electrons. The Labute approximate surface area is 222 Å². The van der Waals surface area contributed by atoms with Crippen LogP contribution in [0.15, 0.2) is 72.9 Å². The zero-order valence-electron chi connectivity index (χ0n) is 21.5. The largest absolute Gasteiger partial charge is 0.379 e. The molecule has 2 saturated heterocycles. The van der Waals surface area contributed by atoms with Crippen molar-refractivity contribution in [2.24, 2.45) is 0 Å². The summed E-state index contributed by atoms with van der Waals surface area (Å²) < 4.78 is 20.6. The lowest BCUT2D eigenvalue weighted by molar-refractivity contribution is -0.121. The quantitative estimate of drug-likeness (QED) is 0.337. The second-order valence-electron chi connectivity index (χ2n) is 10.5. The molecule has 1 aromatic heterocycles. The average molecular weight is 511 g/mol. The highest BCUT2D eigenvalue weighted by Gasteiger charge is 2.43. The highest BCUT2D eigenvalue weighted by Crippen LogP contribution is 2.44. The van der Waals surface area contributed by atoms with Crippen LogP contribution in [-0.2, 0) is 21.6 Å². The van der Waals surface area contributed by atoms with Gasteiger partial charge in [-0.1, -0.05) is 54.6 Å². The molecule has 0 bridgehead atoms. The molecule has 0 N–H and O–H groups in total. The monoisotopic (exact) mass is 510 g/mol. The summed E-state index contributed by atoms with van der Waals surface area (Å²) in [6, 6.07) is 21.4. The predicted molar refractivity (Wildman–Crippen MR) is 145 cm³/mol. The number of morpholine rings is 1. The number of nitrogens with zero attached hydrogens (tertiary/aromatic N) is 4. The van der Waals surface area contributed by atoms with Gasteiger partial charge in [0.1, 0.15) is 5.82 Å². The molecule has 6 rings (SSSR count). The first-order chi connectivity index (χ1) is 18.5. The number of rotatable bonds is 6. The van der Waals surface area contributed by atoms with Crippen molar-refractivity contribution >= 4 is 17.4 Å². The van der Waals surface area contributed by atoms with Crippen LogP contribution in [0.25, 0.3) is 22.2 Å². The summed E-state index contributed by atoms with van der Waals surface area (Å²) in [5, 5.41) is 0. The SMILES string of the molecule is CC1(c2ccccc2)CC(c2cnc3cccc(-c4ccc(CN5CCOCC5)c(F)c4)c3n2)CN1C=O. The second-order valence-corrected chi connectivity index (χ2v) is 10.5. The van der Waals surface area contributed by atoms with E-state index in [0.29, 0.717) is 31.9 Å². The molecule has 2 fully saturated rings. The molecule has 0 aliphatic carbocycles. The number of para-hydroxylation sites is 1. The van der Waals surface area contributed by atoms with Crippen molar-refractivity contribution in [1.29, 1.82) is 0 Å². The normalized spacial score (nSPS) is 22.2. The molecule has 38 heavy (non-hydrogen) atoms. The highest BCUT2D eigenvalue weighted by molar-refractivity contribution is 5.91. The molecule has 6 nitrogen and oxygen atoms in total. The molecule has 3 aromatic carbocycles. The van der Waals surface area contributed by atoms with Crippen molar-refractivity contribution in [1.82, 2.24) is 19.8 Å². The van der Waals surface area contributed by atoms with E-state index in [4.69, 9.17) is 14.7 Å². The Morgan fingerprint density at radius 3 is 2.66 bits per heavy atom. The number of aromatic nitrogens is 2. The van der Waals surface area contributed by atoms with E-state index in [0.717, 1.165) is 59.3 Å². The molecular formula is C31H31FN4O2. The van der Waals surface area contributed by atoms with E-state index in [-0.39, 0.29) is 11.7 Å². The van der Waals surface area contributed by atoms with Crippen molar-refractivity contribution in [2.75, 3.05) is 32.8 Å². The molecule has 2 atom stereocenters. The number of amides is 1. The number of ether oxygens (including phenoxy) is 1. The molecular weight excluding hydrogens is 479 g/mol. The molecule has 2 aliphatic heterocycles. The summed E-state index contributed by atoms with van der Waals surface area (Å²) in [6.45, 7) is 6.26. The molecule has 0 saturated carbocycles. The van der Waals surface area contributed by atoms with E-state index in [1.54, 1.807) is 6.07 Å². The van der Waals surface area contributed by atoms with E-state index in [9.17, 15) is 4.79 Å². The number of carbonyl (C=O) groups excluding carboxylic acids is 1. The van der Waals surface area contributed by atoms with Crippen molar-refractivity contribution in [3.05, 3.63) is 95.6 Å². The minimum atomic E-state index is -0.413. The van der Waals surface area contributed by atoms with Gasteiger partial charge in [0.05, 0.1) is 35.5 Å². The minimum Gasteiger partial charge on any atom is -0.379 e. The van der Waals surface area contributed by atoms with Gasteiger partial charge in [-0.05, 0) is 36.6 Å². The fraction of sp³-hybridized carbons (Fsp3) is 0.323. The van der Waals surface area contributed by atoms with Crippen LogP contribution in [-0.4, -0.2) is 59.0 Å². The van der Waals surface area contributed by atoms with Crippen molar-refractivity contribution < 1.29 is 13.9 Å². The zero-order chi connectivity index (χ0) is 26.1. The van der Waals surface area contributed by atoms with Crippen LogP contribution in [0.3, 0.4) is 0 Å². The van der Waals surface area contributed by atoms with Gasteiger partial charge in [-0.2, -0.15) is 0 Å². The van der Waals surface area contributed by atoms with Gasteiger partial charge in [-0.3, -0.25) is 14.7 Å². The summed E-state index contributed by atoms with van der Waals surface area (Å²) in [4.78, 5) is 25.9. The van der Waals surface area contributed by atoms with E-state index in [2.05, 4.69) is 24.0 Å². The van der Waals surface area contributed by atoms with Crippen molar-refractivity contribution in [2.45, 2.75) is 31.3 Å². The van der Waals surface area contributed by atoms with Gasteiger partial charge in [0.15, 0.2) is 0 Å². The third-order valence-electron chi connectivity index (χ3n) is 8.09. The standard InChI is InChI=1S/C31H31FN4O2/c1-31(25-6-3-2-4-7-25)17-24(20-36(31)21-37)29-18-33-28-9-5-8-26(30(28)34-29)22-10-11-23(27(32)16-22)19-35-12-14-38-15-13-35/h2-11,16,18,21,24H,12-15,17,19-20H2,1H3. The van der Waals surface area contributed by atoms with Gasteiger partial charge in [-0.15, -0.1) is 0 Å². The summed E-state index contributed by atoms with van der Waals surface area (Å²) in [5.74, 6) is -0.172. The molecule has 1 amide bonds. The van der Waals surface area contributed by atoms with Crippen molar-refractivity contribution in [3.63, 3.8) is 0 Å². The topological polar surface area (TPSA) is 58.6 Å². The smallest absolute Gasteiger partial charge is 0.210 e. The molecule has 2 aliphatic rings. The average Bonchev–Trinajstić information content (AvgIpc) is 3.32. The number of carbonyl (C=O) groups is 1. The van der Waals surface area contributed by atoms with E-state index < -0.39 is 5.54 Å². The number of likely N-dealkylation sites (tertiary alicyclic amines) is 1. The maximum Gasteiger partial charge on any atom is 0.210 e. The summed E-state index contributed by atoms with van der Waals surface area (Å²) >= 11 is 0. The lowest BCUT2D eigenvalue weighted by Crippen LogP contribution is -2.37. The predicted octanol–water partition coefficient (Wildman–Crippen LogP) is 5.13. The van der Waals surface area contributed by atoms with E-state index in [1.165, 1.54) is 0 Å². The lowest BCUT2D eigenvalue weighted by Gasteiger charge is -2.32. The number of benzene rings is 3. The van der Waals surface area contributed by atoms with E-state index in [1.807, 2.05) is 59.6 Å². The molecule has 4 aromatic rings. The molecule has 194 valence electrons. The van der Waals surface area contributed by atoms with Crippen LogP contribution >= 0.6 is 0 Å². The number of hydrogen-bond donors (Lipinski definition) is 0. The van der Waals surface area contributed by atoms with Crippen LogP contribution in [0, 0.1) is 5.82 Å². The Kier molecular flexibility index (Phi) is 6.64. The number of hydrogen-bond acceptors (Lipinski definition) is 5. The third kappa shape index (κ3) is 4.57. The maximum absolute atomic E-state index is 15.2. The number of halogens is 1. The van der Waals surface area contributed by atoms with Crippen LogP contribution in [0.2, 0.25) is 0 Å². The van der Waals surface area contributed by atoms with Gasteiger partial charge in [-0.25, -0.2) is 9.37 Å². The molecule has 7 heteroatoms. The summed E-state index contributed by atoms with van der Waals surface area (Å²) in [6.07, 6.45) is 3.51. The lowest BCUT2D eigenvalue weighted by atomic mass is 9.86. The fourth-order valence-electron chi connectivity index (χ4n) is 5.86. The van der Waals surface area contributed by atoms with Gasteiger partial charge in [0.2, 0.25) is 6.41 Å². The first-order valence-corrected chi connectivity index (χ1v) is 13.2. The Morgan fingerprint density at radius 1 is 1.08 bits per heavy atom. The van der Waals surface area contributed by atoms with Gasteiger partial charge in [0, 0.05) is 49.4 Å². The van der Waals surface area contributed by atoms with Crippen LogP contribution in [0.4, 0.5) is 4.39 Å². The minimum absolute atomic E-state index is 0.0444. The van der Waals surface area contributed by atoms with Gasteiger partial charge < -0.3 is 9.64 Å². The first-order valence-electron chi connectivity index (χ1n) is 13.2. The number of fused-ring (bicyclic) bond motifs is 1. The Morgan fingerprint density at radius 2 is 1.89 bits per heavy atom. The maximum atomic E-state index is 15.2. The fourth-order valence-corrected chi connectivity index (χ4v) is 5.86. The van der Waals surface area contributed by atoms with E-state index >= 15 is 4.39 Å². The summed E-state index contributed by atoms with van der Waals surface area (Å²) in [5.41, 5.74) is 5.37. The van der Waals surface area contributed by atoms with Gasteiger partial charge >= 0.3 is 0 Å². The highest BCUT2D eigenvalue weighted by atomic mass is 19.1. The third-order valence-corrected chi connectivity index (χ3v) is 8.09. The van der Waals surface area contributed by atoms with Gasteiger partial charge in [0.25, 0.3) is 0 Å².